The van der Waals surface area contributed by atoms with Gasteiger partial charge in [-0.15, -0.1) is 0 Å². The van der Waals surface area contributed by atoms with E-state index in [4.69, 9.17) is 40.8 Å². The van der Waals surface area contributed by atoms with Crippen molar-refractivity contribution in [2.24, 2.45) is 5.92 Å². The molecule has 0 saturated carbocycles. The molecule has 0 aromatic carbocycles. The maximum Gasteiger partial charge on any atom is 0.501 e. The molecule has 1 aliphatic heterocycles. The fourth-order valence-corrected chi connectivity index (χ4v) is 9.64. The van der Waals surface area contributed by atoms with E-state index in [1.165, 1.54) is 12.8 Å². The molecule has 1 aliphatic rings. The smallest absolute Gasteiger partial charge is 0.381 e. The monoisotopic (exact) mass is 612 g/mol. The van der Waals surface area contributed by atoms with E-state index in [-0.39, 0.29) is 0 Å². The van der Waals surface area contributed by atoms with Crippen molar-refractivity contribution in [3.8, 4) is 0 Å². The Kier molecular flexibility index (Phi) is 26.7. The van der Waals surface area contributed by atoms with Crippen LogP contribution < -0.4 is 0 Å². The largest absolute Gasteiger partial charge is 0.501 e. The van der Waals surface area contributed by atoms with Gasteiger partial charge in [-0.2, -0.15) is 0 Å². The lowest BCUT2D eigenvalue weighted by Gasteiger charge is -2.33. The van der Waals surface area contributed by atoms with Gasteiger partial charge in [-0.25, -0.2) is 0 Å². The highest BCUT2D eigenvalue weighted by atomic mass is 28.4. The molecule has 1 fully saturated rings. The van der Waals surface area contributed by atoms with Crippen LogP contribution in [0.4, 0.5) is 0 Å². The molecule has 0 N–H and O–H groups in total. The van der Waals surface area contributed by atoms with Crippen molar-refractivity contribution in [2.75, 3.05) is 72.7 Å². The normalized spacial score (nSPS) is 16.4. The molecular formula is C29H64O9Si2. The number of rotatable bonds is 27. The Hall–Kier alpha value is 0.0738. The zero-order valence-corrected chi connectivity index (χ0v) is 29.3. The van der Waals surface area contributed by atoms with Crippen molar-refractivity contribution in [1.82, 2.24) is 0 Å². The molecule has 11 heteroatoms. The second-order valence-corrected chi connectivity index (χ2v) is 15.0. The summed E-state index contributed by atoms with van der Waals surface area (Å²) in [6, 6.07) is 1.66. The second-order valence-electron chi connectivity index (χ2n) is 9.58. The molecule has 40 heavy (non-hydrogen) atoms. The van der Waals surface area contributed by atoms with Gasteiger partial charge >= 0.3 is 17.6 Å². The SMILES string of the molecule is CCCCOCCC[Si](OCC)(OCC)OCC.CCO[Si](CCCOCC(CC)C1CCO1)(OCC)OCC. The molecule has 0 amide bonds. The standard InChI is InChI=1S/C16H34O5Si.C13H30O4Si/c1-5-15(16-10-12-18-16)14-17-11-9-13-22(19-6-2,20-7-3)21-8-4;1-5-9-11-14-12-10-13-18(15-6-2,16-7-3)17-8-4/h15-16H,5-14H2,1-4H3;5-13H2,1-4H3. The van der Waals surface area contributed by atoms with Crippen LogP contribution in [0.3, 0.4) is 0 Å². The van der Waals surface area contributed by atoms with Gasteiger partial charge in [0.15, 0.2) is 0 Å². The predicted octanol–water partition coefficient (Wildman–Crippen LogP) is 6.50. The Morgan fingerprint density at radius 3 is 1.32 bits per heavy atom. The summed E-state index contributed by atoms with van der Waals surface area (Å²) in [7, 11) is -4.95. The highest BCUT2D eigenvalue weighted by Crippen LogP contribution is 2.24. The second kappa shape index (κ2) is 26.7. The van der Waals surface area contributed by atoms with Crippen LogP contribution >= 0.6 is 0 Å². The van der Waals surface area contributed by atoms with Gasteiger partial charge in [0.2, 0.25) is 0 Å². The van der Waals surface area contributed by atoms with Crippen molar-refractivity contribution in [3.63, 3.8) is 0 Å². The van der Waals surface area contributed by atoms with Gasteiger partial charge in [0.25, 0.3) is 0 Å². The Morgan fingerprint density at radius 2 is 1.00 bits per heavy atom. The lowest BCUT2D eigenvalue weighted by molar-refractivity contribution is -0.103. The molecule has 242 valence electrons. The Morgan fingerprint density at radius 1 is 0.600 bits per heavy atom. The maximum atomic E-state index is 5.85. The van der Waals surface area contributed by atoms with E-state index < -0.39 is 17.6 Å². The average molecular weight is 613 g/mol. The zero-order valence-electron chi connectivity index (χ0n) is 27.3. The molecular weight excluding hydrogens is 548 g/mol. The van der Waals surface area contributed by atoms with Gasteiger partial charge in [0.1, 0.15) is 0 Å². The topological polar surface area (TPSA) is 83.1 Å². The third-order valence-corrected chi connectivity index (χ3v) is 12.8. The van der Waals surface area contributed by atoms with Crippen molar-refractivity contribution in [1.29, 1.82) is 0 Å². The molecule has 0 aliphatic carbocycles. The summed E-state index contributed by atoms with van der Waals surface area (Å²) >= 11 is 0. The maximum absolute atomic E-state index is 5.85. The third-order valence-electron chi connectivity index (χ3n) is 6.49. The molecule has 0 aromatic heterocycles. The number of ether oxygens (including phenoxy) is 3. The summed E-state index contributed by atoms with van der Waals surface area (Å²) in [6.45, 7) is 24.1. The molecule has 1 saturated heterocycles. The summed E-state index contributed by atoms with van der Waals surface area (Å²) in [6.07, 6.45) is 6.86. The fourth-order valence-electron chi connectivity index (χ4n) is 4.48. The minimum atomic E-state index is -2.50. The lowest BCUT2D eigenvalue weighted by Crippen LogP contribution is -2.46. The van der Waals surface area contributed by atoms with Crippen LogP contribution in [0.2, 0.25) is 12.1 Å². The summed E-state index contributed by atoms with van der Waals surface area (Å²) < 4.78 is 51.8. The first kappa shape index (κ1) is 40.1. The van der Waals surface area contributed by atoms with Gasteiger partial charge < -0.3 is 40.8 Å². The number of hydrogen-bond acceptors (Lipinski definition) is 9. The molecule has 1 heterocycles. The average Bonchev–Trinajstić information content (AvgIpc) is 2.90. The Bertz CT molecular complexity index is 508. The Labute approximate surface area is 248 Å². The van der Waals surface area contributed by atoms with E-state index in [9.17, 15) is 0 Å². The fraction of sp³-hybridized carbons (Fsp3) is 1.00. The van der Waals surface area contributed by atoms with E-state index in [1.54, 1.807) is 0 Å². The molecule has 0 bridgehead atoms. The van der Waals surface area contributed by atoms with Crippen LogP contribution in [-0.2, 0) is 40.8 Å². The molecule has 1 rings (SSSR count). The summed E-state index contributed by atoms with van der Waals surface area (Å²) in [5, 5.41) is 0. The number of hydrogen-bond donors (Lipinski definition) is 0. The van der Waals surface area contributed by atoms with Crippen LogP contribution in [0.1, 0.15) is 93.9 Å². The lowest BCUT2D eigenvalue weighted by atomic mass is 9.95. The minimum absolute atomic E-state index is 0.411. The van der Waals surface area contributed by atoms with Gasteiger partial charge in [-0.3, -0.25) is 0 Å². The molecule has 2 unspecified atom stereocenters. The quantitative estimate of drug-likeness (QED) is 0.0763. The van der Waals surface area contributed by atoms with Crippen molar-refractivity contribution < 1.29 is 40.8 Å². The van der Waals surface area contributed by atoms with Gasteiger partial charge in [0, 0.05) is 84.1 Å². The van der Waals surface area contributed by atoms with Crippen molar-refractivity contribution in [3.05, 3.63) is 0 Å². The Balaban J connectivity index is 0.000000778. The van der Waals surface area contributed by atoms with E-state index in [0.717, 1.165) is 70.8 Å². The first-order chi connectivity index (χ1) is 19.5. The van der Waals surface area contributed by atoms with Crippen LogP contribution in [0.15, 0.2) is 0 Å². The van der Waals surface area contributed by atoms with Gasteiger partial charge in [-0.1, -0.05) is 20.3 Å². The zero-order chi connectivity index (χ0) is 30.0. The highest BCUT2D eigenvalue weighted by Gasteiger charge is 2.40. The number of unbranched alkanes of at least 4 members (excludes halogenated alkanes) is 1. The van der Waals surface area contributed by atoms with E-state index >= 15 is 0 Å². The first-order valence-corrected chi connectivity index (χ1v) is 19.9. The van der Waals surface area contributed by atoms with Crippen LogP contribution in [-0.4, -0.2) is 96.4 Å². The van der Waals surface area contributed by atoms with E-state index in [1.807, 2.05) is 41.5 Å². The molecule has 0 spiro atoms. The molecule has 9 nitrogen and oxygen atoms in total. The summed E-state index contributed by atoms with van der Waals surface area (Å²) in [4.78, 5) is 0. The molecule has 0 radical (unpaired) electrons. The third kappa shape index (κ3) is 17.9. The molecule has 2 atom stereocenters. The highest BCUT2D eigenvalue weighted by molar-refractivity contribution is 6.61. The van der Waals surface area contributed by atoms with Gasteiger partial charge in [0.05, 0.1) is 12.7 Å². The predicted molar refractivity (Wildman–Crippen MR) is 165 cm³/mol. The molecule has 0 aromatic rings. The first-order valence-electron chi connectivity index (χ1n) is 16.1. The van der Waals surface area contributed by atoms with Crippen molar-refractivity contribution in [2.45, 2.75) is 112 Å². The summed E-state index contributed by atoms with van der Waals surface area (Å²) in [5.74, 6) is 0.529. The van der Waals surface area contributed by atoms with Crippen molar-refractivity contribution >= 4 is 17.6 Å². The minimum Gasteiger partial charge on any atom is -0.381 e. The van der Waals surface area contributed by atoms with E-state index in [2.05, 4.69) is 13.8 Å². The summed E-state index contributed by atoms with van der Waals surface area (Å²) in [5.41, 5.74) is 0. The van der Waals surface area contributed by atoms with Gasteiger partial charge in [-0.05, 0) is 73.6 Å². The van der Waals surface area contributed by atoms with Crippen LogP contribution in [0.25, 0.3) is 0 Å². The van der Waals surface area contributed by atoms with E-state index in [0.29, 0.717) is 51.7 Å². The van der Waals surface area contributed by atoms with Crippen LogP contribution in [0.5, 0.6) is 0 Å². The van der Waals surface area contributed by atoms with Crippen LogP contribution in [0, 0.1) is 5.92 Å².